The summed E-state index contributed by atoms with van der Waals surface area (Å²) < 4.78 is 6.46. The molecule has 0 unspecified atom stereocenters. The van der Waals surface area contributed by atoms with Crippen molar-refractivity contribution >= 4 is 5.97 Å². The molecule has 0 radical (unpaired) electrons. The molecule has 0 spiro atoms. The van der Waals surface area contributed by atoms with Gasteiger partial charge in [0, 0.05) is 19.7 Å². The number of hydrogen-bond acceptors (Lipinski definition) is 4. The number of nitrogens with two attached hydrogens (primary N) is 1. The summed E-state index contributed by atoms with van der Waals surface area (Å²) in [6.45, 7) is 2.11. The molecular formula is C9H15N3O2. The van der Waals surface area contributed by atoms with E-state index in [0.717, 1.165) is 5.69 Å². The SMILES string of the molecule is CCOC(=O)[C@@H](N)Cc1ccn(C)n1. The van der Waals surface area contributed by atoms with Gasteiger partial charge in [0.1, 0.15) is 6.04 Å². The third-order valence-corrected chi connectivity index (χ3v) is 1.79. The van der Waals surface area contributed by atoms with Crippen molar-refractivity contribution < 1.29 is 9.53 Å². The molecule has 0 amide bonds. The van der Waals surface area contributed by atoms with Gasteiger partial charge in [0.05, 0.1) is 12.3 Å². The van der Waals surface area contributed by atoms with Gasteiger partial charge in [0.15, 0.2) is 0 Å². The van der Waals surface area contributed by atoms with E-state index in [1.54, 1.807) is 11.6 Å². The van der Waals surface area contributed by atoms with Crippen LogP contribution < -0.4 is 5.73 Å². The Balaban J connectivity index is 2.48. The molecule has 5 nitrogen and oxygen atoms in total. The van der Waals surface area contributed by atoms with Gasteiger partial charge in [-0.2, -0.15) is 5.10 Å². The Morgan fingerprint density at radius 2 is 2.50 bits per heavy atom. The van der Waals surface area contributed by atoms with E-state index in [-0.39, 0.29) is 5.97 Å². The third kappa shape index (κ3) is 2.85. The smallest absolute Gasteiger partial charge is 0.323 e. The predicted molar refractivity (Wildman–Crippen MR) is 51.5 cm³/mol. The van der Waals surface area contributed by atoms with Gasteiger partial charge in [-0.05, 0) is 13.0 Å². The number of hydrogen-bond donors (Lipinski definition) is 1. The molecule has 1 rings (SSSR count). The van der Waals surface area contributed by atoms with Crippen molar-refractivity contribution in [3.05, 3.63) is 18.0 Å². The zero-order valence-electron chi connectivity index (χ0n) is 8.43. The molecule has 14 heavy (non-hydrogen) atoms. The van der Waals surface area contributed by atoms with Crippen molar-refractivity contribution in [2.24, 2.45) is 12.8 Å². The first kappa shape index (κ1) is 10.7. The highest BCUT2D eigenvalue weighted by atomic mass is 16.5. The van der Waals surface area contributed by atoms with Gasteiger partial charge in [0.25, 0.3) is 0 Å². The van der Waals surface area contributed by atoms with Crippen LogP contribution in [-0.2, 0) is 23.0 Å². The van der Waals surface area contributed by atoms with E-state index in [0.29, 0.717) is 13.0 Å². The summed E-state index contributed by atoms with van der Waals surface area (Å²) in [4.78, 5) is 11.2. The van der Waals surface area contributed by atoms with Gasteiger partial charge in [-0.3, -0.25) is 9.48 Å². The van der Waals surface area contributed by atoms with Crippen LogP contribution in [0.2, 0.25) is 0 Å². The lowest BCUT2D eigenvalue weighted by Crippen LogP contribution is -2.34. The van der Waals surface area contributed by atoms with Crippen molar-refractivity contribution in [2.45, 2.75) is 19.4 Å². The lowest BCUT2D eigenvalue weighted by molar-refractivity contribution is -0.144. The fourth-order valence-corrected chi connectivity index (χ4v) is 1.13. The second-order valence-electron chi connectivity index (χ2n) is 3.04. The van der Waals surface area contributed by atoms with Crippen LogP contribution in [0.15, 0.2) is 12.3 Å². The maximum absolute atomic E-state index is 11.2. The van der Waals surface area contributed by atoms with Crippen LogP contribution in [-0.4, -0.2) is 28.4 Å². The molecule has 2 N–H and O–H groups in total. The standard InChI is InChI=1S/C9H15N3O2/c1-3-14-9(13)8(10)6-7-4-5-12(2)11-7/h4-5,8H,3,6,10H2,1-2H3/t8-/m0/s1. The fraction of sp³-hybridized carbons (Fsp3) is 0.556. The summed E-state index contributed by atoms with van der Waals surface area (Å²) in [7, 11) is 1.82. The number of nitrogens with zero attached hydrogens (tertiary/aromatic N) is 2. The summed E-state index contributed by atoms with van der Waals surface area (Å²) in [5, 5.41) is 4.12. The highest BCUT2D eigenvalue weighted by Gasteiger charge is 2.15. The summed E-state index contributed by atoms with van der Waals surface area (Å²) >= 11 is 0. The Labute approximate surface area is 82.8 Å². The van der Waals surface area contributed by atoms with Crippen molar-refractivity contribution in [1.29, 1.82) is 0 Å². The normalized spacial score (nSPS) is 12.5. The van der Waals surface area contributed by atoms with Crippen molar-refractivity contribution in [3.8, 4) is 0 Å². The lowest BCUT2D eigenvalue weighted by atomic mass is 10.2. The highest BCUT2D eigenvalue weighted by Crippen LogP contribution is 1.99. The molecule has 1 aromatic rings. The van der Waals surface area contributed by atoms with Gasteiger partial charge in [-0.25, -0.2) is 0 Å². The minimum absolute atomic E-state index is 0.356. The molecule has 0 aliphatic rings. The second-order valence-corrected chi connectivity index (χ2v) is 3.04. The average molecular weight is 197 g/mol. The first-order chi connectivity index (χ1) is 6.63. The molecule has 0 saturated carbocycles. The summed E-state index contributed by atoms with van der Waals surface area (Å²) in [5.41, 5.74) is 6.42. The first-order valence-corrected chi connectivity index (χ1v) is 4.54. The Kier molecular flexibility index (Phi) is 3.64. The summed E-state index contributed by atoms with van der Waals surface area (Å²) in [6.07, 6.45) is 2.23. The van der Waals surface area contributed by atoms with E-state index < -0.39 is 6.04 Å². The number of ether oxygens (including phenoxy) is 1. The second kappa shape index (κ2) is 4.76. The van der Waals surface area contributed by atoms with Crippen LogP contribution in [0.4, 0.5) is 0 Å². The molecule has 1 atom stereocenters. The Bertz CT molecular complexity index is 309. The summed E-state index contributed by atoms with van der Waals surface area (Å²) in [6, 6.07) is 1.21. The number of aromatic nitrogens is 2. The predicted octanol–water partition coefficient (Wildman–Crippen LogP) is -0.147. The average Bonchev–Trinajstić information content (AvgIpc) is 2.51. The first-order valence-electron chi connectivity index (χ1n) is 4.54. The number of carbonyl (C=O) groups excluding carboxylic acids is 1. The number of carbonyl (C=O) groups is 1. The molecule has 0 aliphatic heterocycles. The minimum atomic E-state index is -0.621. The van der Waals surface area contributed by atoms with Gasteiger partial charge in [-0.15, -0.1) is 0 Å². The molecule has 0 fully saturated rings. The minimum Gasteiger partial charge on any atom is -0.465 e. The summed E-state index contributed by atoms with van der Waals surface area (Å²) in [5.74, 6) is -0.377. The van der Waals surface area contributed by atoms with Crippen molar-refractivity contribution in [1.82, 2.24) is 9.78 Å². The van der Waals surface area contributed by atoms with Crippen LogP contribution in [0.25, 0.3) is 0 Å². The topological polar surface area (TPSA) is 70.1 Å². The van der Waals surface area contributed by atoms with Gasteiger partial charge < -0.3 is 10.5 Å². The number of esters is 1. The maximum Gasteiger partial charge on any atom is 0.323 e. The molecule has 0 aliphatic carbocycles. The number of rotatable bonds is 4. The van der Waals surface area contributed by atoms with E-state index in [1.807, 2.05) is 19.3 Å². The van der Waals surface area contributed by atoms with Crippen LogP contribution in [0.3, 0.4) is 0 Å². The van der Waals surface area contributed by atoms with E-state index in [2.05, 4.69) is 5.10 Å². The molecule has 0 aromatic carbocycles. The van der Waals surface area contributed by atoms with E-state index >= 15 is 0 Å². The van der Waals surface area contributed by atoms with Crippen LogP contribution in [0.1, 0.15) is 12.6 Å². The van der Waals surface area contributed by atoms with Gasteiger partial charge >= 0.3 is 5.97 Å². The monoisotopic (exact) mass is 197 g/mol. The largest absolute Gasteiger partial charge is 0.465 e. The Morgan fingerprint density at radius 3 is 3.00 bits per heavy atom. The van der Waals surface area contributed by atoms with Crippen LogP contribution in [0.5, 0.6) is 0 Å². The van der Waals surface area contributed by atoms with Crippen molar-refractivity contribution in [3.63, 3.8) is 0 Å². The third-order valence-electron chi connectivity index (χ3n) is 1.79. The van der Waals surface area contributed by atoms with Crippen molar-refractivity contribution in [2.75, 3.05) is 6.61 Å². The Morgan fingerprint density at radius 1 is 1.79 bits per heavy atom. The van der Waals surface area contributed by atoms with Crippen LogP contribution >= 0.6 is 0 Å². The molecule has 78 valence electrons. The molecule has 0 bridgehead atoms. The molecule has 0 saturated heterocycles. The molecule has 5 heteroatoms. The maximum atomic E-state index is 11.2. The van der Waals surface area contributed by atoms with E-state index in [4.69, 9.17) is 10.5 Å². The fourth-order valence-electron chi connectivity index (χ4n) is 1.13. The highest BCUT2D eigenvalue weighted by molar-refractivity contribution is 5.75. The van der Waals surface area contributed by atoms with Crippen LogP contribution in [0, 0.1) is 0 Å². The quantitative estimate of drug-likeness (QED) is 0.682. The Hall–Kier alpha value is -1.36. The lowest BCUT2D eigenvalue weighted by Gasteiger charge is -2.08. The zero-order chi connectivity index (χ0) is 10.6. The van der Waals surface area contributed by atoms with E-state index in [1.165, 1.54) is 0 Å². The zero-order valence-corrected chi connectivity index (χ0v) is 8.43. The van der Waals surface area contributed by atoms with Gasteiger partial charge in [-0.1, -0.05) is 0 Å². The van der Waals surface area contributed by atoms with E-state index in [9.17, 15) is 4.79 Å². The molecule has 1 heterocycles. The van der Waals surface area contributed by atoms with Gasteiger partial charge in [0.2, 0.25) is 0 Å². The molecule has 1 aromatic heterocycles. The number of aryl methyl sites for hydroxylation is 1. The molecular weight excluding hydrogens is 182 g/mol.